The first-order valence-electron chi connectivity index (χ1n) is 6.35. The van der Waals surface area contributed by atoms with Gasteiger partial charge in [0, 0.05) is 39.2 Å². The highest BCUT2D eigenvalue weighted by atomic mass is 79.9. The highest BCUT2D eigenvalue weighted by Gasteiger charge is 2.19. The highest BCUT2D eigenvalue weighted by molar-refractivity contribution is 9.10. The summed E-state index contributed by atoms with van der Waals surface area (Å²) >= 11 is 3.28. The van der Waals surface area contributed by atoms with E-state index in [-0.39, 0.29) is 6.03 Å². The second kappa shape index (κ2) is 6.38. The van der Waals surface area contributed by atoms with Crippen molar-refractivity contribution in [3.05, 3.63) is 10.7 Å². The van der Waals surface area contributed by atoms with E-state index in [0.717, 1.165) is 26.1 Å². The number of aryl methyl sites for hydroxylation is 1. The molecule has 2 amide bonds. The van der Waals surface area contributed by atoms with Crippen LogP contribution in [0.3, 0.4) is 0 Å². The van der Waals surface area contributed by atoms with Crippen LogP contribution in [0.15, 0.2) is 10.7 Å². The number of nitrogens with one attached hydrogen (secondary N) is 1. The molecule has 7 heteroatoms. The first-order chi connectivity index (χ1) is 9.06. The number of amides is 2. The van der Waals surface area contributed by atoms with E-state index in [1.807, 2.05) is 0 Å². The van der Waals surface area contributed by atoms with E-state index >= 15 is 0 Å². The number of aromatic nitrogens is 2. The molecular formula is C12H19BrN4O2. The fourth-order valence-electron chi connectivity index (χ4n) is 2.18. The van der Waals surface area contributed by atoms with Crippen molar-refractivity contribution in [2.45, 2.75) is 12.8 Å². The van der Waals surface area contributed by atoms with E-state index in [1.165, 1.54) is 0 Å². The number of hydrogen-bond acceptors (Lipinski definition) is 3. The summed E-state index contributed by atoms with van der Waals surface area (Å²) in [7, 11) is 3.59. The van der Waals surface area contributed by atoms with Crippen LogP contribution in [0.4, 0.5) is 10.6 Å². The smallest absolute Gasteiger partial charge is 0.322 e. The van der Waals surface area contributed by atoms with Gasteiger partial charge in [0.15, 0.2) is 0 Å². The van der Waals surface area contributed by atoms with Gasteiger partial charge in [0.25, 0.3) is 0 Å². The number of hydrogen-bond donors (Lipinski definition) is 1. The monoisotopic (exact) mass is 330 g/mol. The largest absolute Gasteiger partial charge is 0.381 e. The van der Waals surface area contributed by atoms with Crippen molar-refractivity contribution in [3.63, 3.8) is 0 Å². The Hall–Kier alpha value is -1.08. The molecular weight excluding hydrogens is 312 g/mol. The average molecular weight is 331 g/mol. The minimum absolute atomic E-state index is 0.124. The van der Waals surface area contributed by atoms with E-state index in [2.05, 4.69) is 26.3 Å². The first kappa shape index (κ1) is 14.3. The third-order valence-electron chi connectivity index (χ3n) is 3.22. The molecule has 0 radical (unpaired) electrons. The number of ether oxygens (including phenoxy) is 1. The Morgan fingerprint density at radius 2 is 2.53 bits per heavy atom. The number of carbonyl (C=O) groups is 1. The van der Waals surface area contributed by atoms with Crippen molar-refractivity contribution < 1.29 is 9.53 Å². The summed E-state index contributed by atoms with van der Waals surface area (Å²) in [6, 6.07) is 1.65. The summed E-state index contributed by atoms with van der Waals surface area (Å²) in [6.45, 7) is 2.30. The maximum atomic E-state index is 12.1. The van der Waals surface area contributed by atoms with Gasteiger partial charge in [-0.1, -0.05) is 0 Å². The van der Waals surface area contributed by atoms with E-state index in [9.17, 15) is 4.79 Å². The Morgan fingerprint density at radius 1 is 1.74 bits per heavy atom. The van der Waals surface area contributed by atoms with Gasteiger partial charge >= 0.3 is 6.03 Å². The van der Waals surface area contributed by atoms with Gasteiger partial charge in [-0.15, -0.1) is 0 Å². The Kier molecular flexibility index (Phi) is 4.81. The molecule has 2 rings (SSSR count). The molecule has 1 aliphatic rings. The summed E-state index contributed by atoms with van der Waals surface area (Å²) in [5.74, 6) is 1.10. The predicted octanol–water partition coefficient (Wildman–Crippen LogP) is 2.07. The van der Waals surface area contributed by atoms with E-state index < -0.39 is 0 Å². The molecule has 1 aromatic rings. The van der Waals surface area contributed by atoms with Gasteiger partial charge in [0.05, 0.1) is 6.61 Å². The van der Waals surface area contributed by atoms with Crippen LogP contribution in [-0.4, -0.2) is 47.5 Å². The molecule has 0 bridgehead atoms. The molecule has 2 heterocycles. The predicted molar refractivity (Wildman–Crippen MR) is 76.1 cm³/mol. The second-order valence-corrected chi connectivity index (χ2v) is 5.68. The molecule has 0 aliphatic carbocycles. The minimum Gasteiger partial charge on any atom is -0.381 e. The van der Waals surface area contributed by atoms with E-state index in [4.69, 9.17) is 4.74 Å². The molecule has 106 valence electrons. The maximum Gasteiger partial charge on any atom is 0.322 e. The lowest BCUT2D eigenvalue weighted by Gasteiger charge is -2.27. The van der Waals surface area contributed by atoms with Crippen LogP contribution in [0.25, 0.3) is 0 Å². The summed E-state index contributed by atoms with van der Waals surface area (Å²) < 4.78 is 7.75. The van der Waals surface area contributed by atoms with Gasteiger partial charge in [0.1, 0.15) is 10.4 Å². The fourth-order valence-corrected chi connectivity index (χ4v) is 2.63. The van der Waals surface area contributed by atoms with Gasteiger partial charge in [-0.2, -0.15) is 5.10 Å². The van der Waals surface area contributed by atoms with Crippen molar-refractivity contribution in [3.8, 4) is 0 Å². The quantitative estimate of drug-likeness (QED) is 0.922. The summed E-state index contributed by atoms with van der Waals surface area (Å²) in [5, 5.41) is 6.96. The Labute approximate surface area is 121 Å². The van der Waals surface area contributed by atoms with E-state index in [1.54, 1.807) is 29.7 Å². The Balaban J connectivity index is 1.86. The number of carbonyl (C=O) groups excluding carboxylic acids is 1. The molecule has 1 fully saturated rings. The Bertz CT molecular complexity index is 443. The molecule has 1 saturated heterocycles. The number of nitrogens with zero attached hydrogens (tertiary/aromatic N) is 3. The topological polar surface area (TPSA) is 59.4 Å². The normalized spacial score (nSPS) is 19.2. The molecule has 1 atom stereocenters. The van der Waals surface area contributed by atoms with Gasteiger partial charge in [-0.05, 0) is 28.8 Å². The third-order valence-corrected chi connectivity index (χ3v) is 3.61. The van der Waals surface area contributed by atoms with Crippen LogP contribution < -0.4 is 5.32 Å². The molecule has 19 heavy (non-hydrogen) atoms. The molecule has 0 spiro atoms. The fraction of sp³-hybridized carbons (Fsp3) is 0.667. The van der Waals surface area contributed by atoms with Crippen LogP contribution in [-0.2, 0) is 11.8 Å². The number of halogens is 1. The van der Waals surface area contributed by atoms with Crippen molar-refractivity contribution in [1.29, 1.82) is 0 Å². The zero-order valence-corrected chi connectivity index (χ0v) is 12.8. The molecule has 1 unspecified atom stereocenters. The lowest BCUT2D eigenvalue weighted by molar-refractivity contribution is 0.0464. The number of rotatable bonds is 3. The van der Waals surface area contributed by atoms with Crippen molar-refractivity contribution in [2.75, 3.05) is 32.1 Å². The zero-order valence-electron chi connectivity index (χ0n) is 11.2. The van der Waals surface area contributed by atoms with Crippen LogP contribution in [0.5, 0.6) is 0 Å². The van der Waals surface area contributed by atoms with Crippen LogP contribution in [0.1, 0.15) is 12.8 Å². The van der Waals surface area contributed by atoms with Gasteiger partial charge < -0.3 is 9.64 Å². The van der Waals surface area contributed by atoms with Crippen molar-refractivity contribution >= 4 is 27.8 Å². The SMILES string of the molecule is CN(CC1CCCOC1)C(=O)Nc1cc(Br)nn1C. The molecule has 1 aliphatic heterocycles. The van der Waals surface area contributed by atoms with Gasteiger partial charge in [-0.25, -0.2) is 4.79 Å². The van der Waals surface area contributed by atoms with Crippen molar-refractivity contribution in [1.82, 2.24) is 14.7 Å². The molecule has 6 nitrogen and oxygen atoms in total. The van der Waals surface area contributed by atoms with Crippen LogP contribution in [0.2, 0.25) is 0 Å². The average Bonchev–Trinajstić information content (AvgIpc) is 2.69. The van der Waals surface area contributed by atoms with Crippen LogP contribution >= 0.6 is 15.9 Å². The highest BCUT2D eigenvalue weighted by Crippen LogP contribution is 2.16. The summed E-state index contributed by atoms with van der Waals surface area (Å²) in [5.41, 5.74) is 0. The second-order valence-electron chi connectivity index (χ2n) is 4.87. The van der Waals surface area contributed by atoms with Crippen molar-refractivity contribution in [2.24, 2.45) is 13.0 Å². The van der Waals surface area contributed by atoms with Gasteiger partial charge in [0.2, 0.25) is 0 Å². The maximum absolute atomic E-state index is 12.1. The third kappa shape index (κ3) is 3.94. The molecule has 0 saturated carbocycles. The summed E-state index contributed by atoms with van der Waals surface area (Å²) in [6.07, 6.45) is 2.20. The summed E-state index contributed by atoms with van der Waals surface area (Å²) in [4.78, 5) is 13.8. The van der Waals surface area contributed by atoms with E-state index in [0.29, 0.717) is 22.9 Å². The lowest BCUT2D eigenvalue weighted by atomic mass is 10.0. The number of anilines is 1. The Morgan fingerprint density at radius 3 is 3.11 bits per heavy atom. The van der Waals surface area contributed by atoms with Crippen LogP contribution in [0, 0.1) is 5.92 Å². The lowest BCUT2D eigenvalue weighted by Crippen LogP contribution is -2.38. The standard InChI is InChI=1S/C12H19BrN4O2/c1-16(7-9-4-3-5-19-8-9)12(18)14-11-6-10(13)15-17(11)2/h6,9H,3-5,7-8H2,1-2H3,(H,14,18). The minimum atomic E-state index is -0.124. The zero-order chi connectivity index (χ0) is 13.8. The van der Waals surface area contributed by atoms with Gasteiger partial charge in [-0.3, -0.25) is 10.00 Å². The molecule has 1 aromatic heterocycles. The molecule has 0 aromatic carbocycles. The number of urea groups is 1. The molecule has 1 N–H and O–H groups in total. The first-order valence-corrected chi connectivity index (χ1v) is 7.15.